The van der Waals surface area contributed by atoms with Crippen molar-refractivity contribution in [3.05, 3.63) is 58.1 Å². The van der Waals surface area contributed by atoms with E-state index in [1.54, 1.807) is 6.07 Å². The predicted octanol–water partition coefficient (Wildman–Crippen LogP) is 6.41. The zero-order valence-electron chi connectivity index (χ0n) is 22.2. The number of carbonyl (C=O) groups excluding carboxylic acids is 1. The highest BCUT2D eigenvalue weighted by atomic mass is 35.5. The third-order valence-corrected chi connectivity index (χ3v) is 8.80. The van der Waals surface area contributed by atoms with Crippen LogP contribution in [0.4, 0.5) is 5.69 Å². The Morgan fingerprint density at radius 1 is 1.22 bits per heavy atom. The highest BCUT2D eigenvalue weighted by Gasteiger charge is 2.34. The van der Waals surface area contributed by atoms with Gasteiger partial charge in [-0.15, -0.1) is 0 Å². The summed E-state index contributed by atoms with van der Waals surface area (Å²) in [5, 5.41) is 0.739. The van der Waals surface area contributed by atoms with Crippen molar-refractivity contribution in [2.75, 3.05) is 25.1 Å². The zero-order valence-corrected chi connectivity index (χ0v) is 23.7. The molecule has 1 saturated carbocycles. The Kier molecular flexibility index (Phi) is 9.09. The molecule has 2 aromatic carbocycles. The van der Waals surface area contributed by atoms with Gasteiger partial charge in [0.05, 0.1) is 24.6 Å². The maximum atomic E-state index is 12.4. The van der Waals surface area contributed by atoms with Crippen LogP contribution in [0.15, 0.2) is 40.8 Å². The van der Waals surface area contributed by atoms with E-state index in [-0.39, 0.29) is 10.7 Å². The van der Waals surface area contributed by atoms with Gasteiger partial charge in [0.15, 0.2) is 0 Å². The minimum atomic E-state index is -1.25. The first-order valence-corrected chi connectivity index (χ1v) is 14.5. The van der Waals surface area contributed by atoms with Crippen LogP contribution in [0, 0.1) is 11.8 Å². The van der Waals surface area contributed by atoms with Gasteiger partial charge in [0.25, 0.3) is 0 Å². The number of methoxy groups -OCH3 is 1. The largest absolute Gasteiger partial charge is 0.591 e. The summed E-state index contributed by atoms with van der Waals surface area (Å²) in [7, 11) is 1.40. The molecule has 6 nitrogen and oxygen atoms in total. The fraction of sp³-hybridized carbons (Fsp3) is 0.517. The Morgan fingerprint density at radius 2 is 2.03 bits per heavy atom. The second-order valence-electron chi connectivity index (χ2n) is 10.9. The lowest BCUT2D eigenvalue weighted by Gasteiger charge is -2.39. The van der Waals surface area contributed by atoms with Crippen LogP contribution in [0.3, 0.4) is 0 Å². The van der Waals surface area contributed by atoms with Gasteiger partial charge in [0.1, 0.15) is 28.5 Å². The molecule has 0 aromatic heterocycles. The molecule has 1 fully saturated rings. The molecule has 1 aliphatic carbocycles. The van der Waals surface area contributed by atoms with Crippen molar-refractivity contribution in [3.63, 3.8) is 0 Å². The molecule has 0 amide bonds. The molecule has 0 radical (unpaired) electrons. The van der Waals surface area contributed by atoms with E-state index in [0.717, 1.165) is 67.2 Å². The van der Waals surface area contributed by atoms with E-state index < -0.39 is 11.4 Å². The van der Waals surface area contributed by atoms with Crippen LogP contribution in [0.2, 0.25) is 5.02 Å². The monoisotopic (exact) mass is 544 g/mol. The topological polar surface area (TPSA) is 74.2 Å². The van der Waals surface area contributed by atoms with Crippen LogP contribution in [0.5, 0.6) is 5.75 Å². The lowest BCUT2D eigenvalue weighted by Crippen LogP contribution is -2.40. The van der Waals surface area contributed by atoms with Crippen molar-refractivity contribution in [2.24, 2.45) is 16.2 Å². The van der Waals surface area contributed by atoms with Crippen molar-refractivity contribution < 1.29 is 18.8 Å². The molecule has 0 saturated heterocycles. The molecule has 200 valence electrons. The normalized spacial score (nSPS) is 21.2. The second-order valence-corrected chi connectivity index (χ2v) is 13.3. The Hall–Kier alpha value is -2.22. The highest BCUT2D eigenvalue weighted by Crippen LogP contribution is 2.38. The van der Waals surface area contributed by atoms with E-state index in [9.17, 15) is 9.35 Å². The number of rotatable bonds is 5. The van der Waals surface area contributed by atoms with Crippen molar-refractivity contribution in [1.82, 2.24) is 0 Å². The quantitative estimate of drug-likeness (QED) is 0.247. The van der Waals surface area contributed by atoms with Gasteiger partial charge in [-0.05, 0) is 100 Å². The summed E-state index contributed by atoms with van der Waals surface area (Å²) in [5.41, 5.74) is 3.75. The van der Waals surface area contributed by atoms with E-state index in [1.807, 2.05) is 57.3 Å². The van der Waals surface area contributed by atoms with Crippen LogP contribution >= 0.6 is 11.6 Å². The number of ether oxygens (including phenoxy) is 2. The van der Waals surface area contributed by atoms with E-state index in [4.69, 9.17) is 21.1 Å². The average molecular weight is 545 g/mol. The number of fused-ring (bicyclic) bond motifs is 2. The maximum absolute atomic E-state index is 12.4. The summed E-state index contributed by atoms with van der Waals surface area (Å²) in [6.45, 7) is 7.91. The Bertz CT molecular complexity index is 1130. The lowest BCUT2D eigenvalue weighted by atomic mass is 9.74. The van der Waals surface area contributed by atoms with E-state index in [0.29, 0.717) is 24.0 Å². The van der Waals surface area contributed by atoms with Crippen LogP contribution < -0.4 is 9.64 Å². The Labute approximate surface area is 228 Å². The van der Waals surface area contributed by atoms with Crippen molar-refractivity contribution >= 4 is 40.8 Å². The van der Waals surface area contributed by atoms with Crippen LogP contribution in [-0.2, 0) is 29.1 Å². The number of nitrogens with zero attached hydrogens (tertiary/aromatic N) is 2. The number of esters is 1. The smallest absolute Gasteiger partial charge is 0.337 e. The highest BCUT2D eigenvalue weighted by molar-refractivity contribution is 7.91. The predicted molar refractivity (Wildman–Crippen MR) is 151 cm³/mol. The van der Waals surface area contributed by atoms with E-state index >= 15 is 0 Å². The fourth-order valence-corrected chi connectivity index (χ4v) is 5.55. The second kappa shape index (κ2) is 12.1. The molecular formula is C29H37ClN2O4S. The summed E-state index contributed by atoms with van der Waals surface area (Å²) in [4.78, 5) is 14.7. The summed E-state index contributed by atoms with van der Waals surface area (Å²) < 4.78 is 27.8. The SMILES string of the molecule is COC(=O)c1ccc2c(c1)N(C[C@@H]1CC[C@H]1/C=N/[S+]([O-])C(C)(C)C)CCCCc1cc(Cl)ccc1CO2. The number of aryl methyl sites for hydroxylation is 1. The Balaban J connectivity index is 1.60. The first-order chi connectivity index (χ1) is 17.7. The van der Waals surface area contributed by atoms with Gasteiger partial charge in [0, 0.05) is 24.0 Å². The standard InChI is InChI=1S/C29H37ClN2O4S/c1-29(2,3)37(34)31-17-22-8-9-23(22)18-32-14-6-5-7-20-15-25(30)12-10-24(20)19-36-27-13-11-21(16-26(27)32)28(33)35-4/h10-13,15-17,22-23H,5-9,14,18-19H2,1-4H3/b31-17+/t22-,23-,37?/m0/s1. The number of hydrogen-bond donors (Lipinski definition) is 0. The number of benzene rings is 2. The molecule has 37 heavy (non-hydrogen) atoms. The van der Waals surface area contributed by atoms with E-state index in [1.165, 1.54) is 12.7 Å². The van der Waals surface area contributed by atoms with Gasteiger partial charge in [-0.25, -0.2) is 4.79 Å². The molecule has 2 aliphatic rings. The molecule has 0 bridgehead atoms. The van der Waals surface area contributed by atoms with Gasteiger partial charge >= 0.3 is 5.97 Å². The summed E-state index contributed by atoms with van der Waals surface area (Å²) >= 11 is 5.03. The molecule has 8 heteroatoms. The first-order valence-electron chi connectivity index (χ1n) is 13.0. The fourth-order valence-electron chi connectivity index (χ4n) is 4.78. The van der Waals surface area contributed by atoms with Gasteiger partial charge in [0.2, 0.25) is 0 Å². The third kappa shape index (κ3) is 7.01. The molecule has 2 aromatic rings. The van der Waals surface area contributed by atoms with Crippen molar-refractivity contribution in [2.45, 2.75) is 64.2 Å². The van der Waals surface area contributed by atoms with Gasteiger partial charge in [-0.1, -0.05) is 22.1 Å². The summed E-state index contributed by atoms with van der Waals surface area (Å²) in [5.74, 6) is 1.07. The number of halogens is 1. The van der Waals surface area contributed by atoms with Crippen LogP contribution in [0.25, 0.3) is 0 Å². The number of anilines is 1. The van der Waals surface area contributed by atoms with Crippen LogP contribution in [-0.4, -0.2) is 41.7 Å². The summed E-state index contributed by atoms with van der Waals surface area (Å²) in [6, 6.07) is 11.5. The maximum Gasteiger partial charge on any atom is 0.337 e. The van der Waals surface area contributed by atoms with Gasteiger partial charge in [-0.2, -0.15) is 0 Å². The molecular weight excluding hydrogens is 508 g/mol. The average Bonchev–Trinajstić information content (AvgIpc) is 2.88. The zero-order chi connectivity index (χ0) is 26.6. The minimum absolute atomic E-state index is 0.295. The molecule has 4 rings (SSSR count). The molecule has 0 N–H and O–H groups in total. The minimum Gasteiger partial charge on any atom is -0.591 e. The van der Waals surface area contributed by atoms with Crippen molar-refractivity contribution in [1.29, 1.82) is 0 Å². The number of hydrogen-bond acceptors (Lipinski definition) is 6. The van der Waals surface area contributed by atoms with Gasteiger partial charge < -0.3 is 18.9 Å². The van der Waals surface area contributed by atoms with Crippen molar-refractivity contribution in [3.8, 4) is 5.75 Å². The summed E-state index contributed by atoms with van der Waals surface area (Å²) in [6.07, 6.45) is 7.00. The molecule has 1 aliphatic heterocycles. The molecule has 0 spiro atoms. The molecule has 1 unspecified atom stereocenters. The molecule has 1 heterocycles. The first kappa shape index (κ1) is 27.8. The molecule has 3 atom stereocenters. The van der Waals surface area contributed by atoms with Gasteiger partial charge in [-0.3, -0.25) is 0 Å². The van der Waals surface area contributed by atoms with Crippen LogP contribution in [0.1, 0.15) is 67.9 Å². The lowest BCUT2D eigenvalue weighted by molar-refractivity contribution is 0.0600. The Morgan fingerprint density at radius 3 is 2.73 bits per heavy atom. The van der Waals surface area contributed by atoms with E-state index in [2.05, 4.69) is 9.30 Å². The number of carbonyl (C=O) groups is 1. The third-order valence-electron chi connectivity index (χ3n) is 7.20.